The molecule has 0 aromatic heterocycles. The molecule has 2 heteroatoms. The third kappa shape index (κ3) is 6.39. The minimum atomic E-state index is 0.638. The third-order valence-electron chi connectivity index (χ3n) is 2.86. The van der Waals surface area contributed by atoms with Crippen LogP contribution in [0.3, 0.4) is 0 Å². The summed E-state index contributed by atoms with van der Waals surface area (Å²) in [5, 5.41) is 3.46. The van der Waals surface area contributed by atoms with Crippen LogP contribution in [-0.2, 0) is 0 Å². The van der Waals surface area contributed by atoms with Gasteiger partial charge in [-0.25, -0.2) is 0 Å². The van der Waals surface area contributed by atoms with E-state index in [9.17, 15) is 0 Å². The second-order valence-electron chi connectivity index (χ2n) is 4.38. The molecule has 0 aromatic carbocycles. The summed E-state index contributed by atoms with van der Waals surface area (Å²) in [5.41, 5.74) is 0. The van der Waals surface area contributed by atoms with Crippen molar-refractivity contribution in [3.05, 3.63) is 0 Å². The SMILES string of the molecule is CCCCN(C)C(C)CC(C)NCC. The molecule has 0 bridgehead atoms. The van der Waals surface area contributed by atoms with E-state index in [0.29, 0.717) is 12.1 Å². The van der Waals surface area contributed by atoms with E-state index in [1.54, 1.807) is 0 Å². The van der Waals surface area contributed by atoms with Crippen LogP contribution in [0.4, 0.5) is 0 Å². The fourth-order valence-corrected chi connectivity index (χ4v) is 1.75. The van der Waals surface area contributed by atoms with Gasteiger partial charge in [-0.15, -0.1) is 0 Å². The minimum absolute atomic E-state index is 0.638. The van der Waals surface area contributed by atoms with Gasteiger partial charge in [0.25, 0.3) is 0 Å². The molecule has 0 aliphatic heterocycles. The highest BCUT2D eigenvalue weighted by atomic mass is 15.1. The summed E-state index contributed by atoms with van der Waals surface area (Å²) in [4.78, 5) is 2.47. The fourth-order valence-electron chi connectivity index (χ4n) is 1.75. The maximum atomic E-state index is 3.46. The number of nitrogens with zero attached hydrogens (tertiary/aromatic N) is 1. The van der Waals surface area contributed by atoms with Gasteiger partial charge in [-0.05, 0) is 46.8 Å². The van der Waals surface area contributed by atoms with Gasteiger partial charge >= 0.3 is 0 Å². The maximum Gasteiger partial charge on any atom is 0.00785 e. The van der Waals surface area contributed by atoms with Gasteiger partial charge in [0, 0.05) is 12.1 Å². The average molecular weight is 200 g/mol. The van der Waals surface area contributed by atoms with E-state index >= 15 is 0 Å². The zero-order valence-corrected chi connectivity index (χ0v) is 10.6. The maximum absolute atomic E-state index is 3.46. The van der Waals surface area contributed by atoms with Crippen molar-refractivity contribution in [1.29, 1.82) is 0 Å². The van der Waals surface area contributed by atoms with E-state index in [4.69, 9.17) is 0 Å². The summed E-state index contributed by atoms with van der Waals surface area (Å²) in [6.45, 7) is 11.3. The molecule has 0 fully saturated rings. The Hall–Kier alpha value is -0.0800. The van der Waals surface area contributed by atoms with Gasteiger partial charge in [0.15, 0.2) is 0 Å². The molecule has 86 valence electrons. The van der Waals surface area contributed by atoms with E-state index in [1.165, 1.54) is 25.8 Å². The first-order chi connectivity index (χ1) is 6.61. The second kappa shape index (κ2) is 8.25. The van der Waals surface area contributed by atoms with Crippen molar-refractivity contribution in [3.8, 4) is 0 Å². The Labute approximate surface area is 90.1 Å². The lowest BCUT2D eigenvalue weighted by molar-refractivity contribution is 0.228. The van der Waals surface area contributed by atoms with Crippen molar-refractivity contribution in [1.82, 2.24) is 10.2 Å². The van der Waals surface area contributed by atoms with Crippen molar-refractivity contribution >= 4 is 0 Å². The molecule has 0 aliphatic rings. The molecule has 0 saturated heterocycles. The Morgan fingerprint density at radius 2 is 1.86 bits per heavy atom. The molecule has 0 heterocycles. The highest BCUT2D eigenvalue weighted by Crippen LogP contribution is 2.05. The smallest absolute Gasteiger partial charge is 0.00785 e. The first kappa shape index (κ1) is 13.9. The third-order valence-corrected chi connectivity index (χ3v) is 2.86. The first-order valence-corrected chi connectivity index (χ1v) is 6.05. The van der Waals surface area contributed by atoms with Gasteiger partial charge in [-0.2, -0.15) is 0 Å². The summed E-state index contributed by atoms with van der Waals surface area (Å²) in [7, 11) is 2.24. The zero-order valence-electron chi connectivity index (χ0n) is 10.6. The molecular formula is C12H28N2. The number of hydrogen-bond donors (Lipinski definition) is 1. The van der Waals surface area contributed by atoms with Gasteiger partial charge < -0.3 is 10.2 Å². The van der Waals surface area contributed by atoms with Gasteiger partial charge in [0.05, 0.1) is 0 Å². The number of unbranched alkanes of at least 4 members (excludes halogenated alkanes) is 1. The Kier molecular flexibility index (Phi) is 8.20. The standard InChI is InChI=1S/C12H28N2/c1-6-8-9-14(5)12(4)10-11(3)13-7-2/h11-13H,6-10H2,1-5H3. The monoisotopic (exact) mass is 200 g/mol. The van der Waals surface area contributed by atoms with Crippen LogP contribution in [0, 0.1) is 0 Å². The van der Waals surface area contributed by atoms with E-state index in [-0.39, 0.29) is 0 Å². The van der Waals surface area contributed by atoms with Gasteiger partial charge in [-0.3, -0.25) is 0 Å². The van der Waals surface area contributed by atoms with Gasteiger partial charge in [0.1, 0.15) is 0 Å². The lowest BCUT2D eigenvalue weighted by Crippen LogP contribution is -2.37. The zero-order chi connectivity index (χ0) is 11.0. The minimum Gasteiger partial charge on any atom is -0.314 e. The van der Waals surface area contributed by atoms with Crippen LogP contribution >= 0.6 is 0 Å². The van der Waals surface area contributed by atoms with Crippen LogP contribution in [0.25, 0.3) is 0 Å². The topological polar surface area (TPSA) is 15.3 Å². The van der Waals surface area contributed by atoms with Crippen LogP contribution in [0.15, 0.2) is 0 Å². The predicted molar refractivity (Wildman–Crippen MR) is 64.8 cm³/mol. The molecule has 0 amide bonds. The van der Waals surface area contributed by atoms with Crippen molar-refractivity contribution in [2.45, 2.75) is 59.0 Å². The summed E-state index contributed by atoms with van der Waals surface area (Å²) < 4.78 is 0. The lowest BCUT2D eigenvalue weighted by atomic mass is 10.1. The number of nitrogens with one attached hydrogen (secondary N) is 1. The van der Waals surface area contributed by atoms with E-state index in [2.05, 4.69) is 45.0 Å². The van der Waals surface area contributed by atoms with Crippen molar-refractivity contribution in [2.24, 2.45) is 0 Å². The van der Waals surface area contributed by atoms with Crippen molar-refractivity contribution in [2.75, 3.05) is 20.1 Å². The van der Waals surface area contributed by atoms with E-state index in [1.807, 2.05) is 0 Å². The Morgan fingerprint density at radius 1 is 1.21 bits per heavy atom. The molecule has 14 heavy (non-hydrogen) atoms. The molecule has 0 aromatic rings. The van der Waals surface area contributed by atoms with Crippen LogP contribution < -0.4 is 5.32 Å². The average Bonchev–Trinajstić information content (AvgIpc) is 2.14. The molecule has 0 spiro atoms. The number of hydrogen-bond acceptors (Lipinski definition) is 2. The van der Waals surface area contributed by atoms with Crippen LogP contribution in [0.5, 0.6) is 0 Å². The Balaban J connectivity index is 3.64. The van der Waals surface area contributed by atoms with Crippen LogP contribution in [0.2, 0.25) is 0 Å². The molecular weight excluding hydrogens is 172 g/mol. The largest absolute Gasteiger partial charge is 0.314 e. The molecule has 0 rings (SSSR count). The van der Waals surface area contributed by atoms with Gasteiger partial charge in [0.2, 0.25) is 0 Å². The van der Waals surface area contributed by atoms with E-state index in [0.717, 1.165) is 6.54 Å². The Morgan fingerprint density at radius 3 is 2.36 bits per heavy atom. The highest BCUT2D eigenvalue weighted by Gasteiger charge is 2.11. The van der Waals surface area contributed by atoms with Crippen molar-refractivity contribution < 1.29 is 0 Å². The molecule has 2 nitrogen and oxygen atoms in total. The molecule has 1 N–H and O–H groups in total. The first-order valence-electron chi connectivity index (χ1n) is 6.05. The van der Waals surface area contributed by atoms with E-state index < -0.39 is 0 Å². The van der Waals surface area contributed by atoms with Crippen LogP contribution in [-0.4, -0.2) is 37.1 Å². The summed E-state index contributed by atoms with van der Waals surface area (Å²) in [6, 6.07) is 1.33. The second-order valence-corrected chi connectivity index (χ2v) is 4.38. The summed E-state index contributed by atoms with van der Waals surface area (Å²) in [6.07, 6.45) is 3.85. The summed E-state index contributed by atoms with van der Waals surface area (Å²) in [5.74, 6) is 0. The predicted octanol–water partition coefficient (Wildman–Crippen LogP) is 2.49. The Bertz CT molecular complexity index is 125. The normalized spacial score (nSPS) is 15.9. The van der Waals surface area contributed by atoms with Crippen molar-refractivity contribution in [3.63, 3.8) is 0 Å². The molecule has 0 radical (unpaired) electrons. The molecule has 0 saturated carbocycles. The highest BCUT2D eigenvalue weighted by molar-refractivity contribution is 4.70. The van der Waals surface area contributed by atoms with Crippen LogP contribution in [0.1, 0.15) is 47.0 Å². The molecule has 2 atom stereocenters. The van der Waals surface area contributed by atoms with Gasteiger partial charge in [-0.1, -0.05) is 20.3 Å². The lowest BCUT2D eigenvalue weighted by Gasteiger charge is -2.27. The quantitative estimate of drug-likeness (QED) is 0.647. The number of rotatable bonds is 8. The fraction of sp³-hybridized carbons (Fsp3) is 1.00. The molecule has 0 aliphatic carbocycles. The summed E-state index contributed by atoms with van der Waals surface area (Å²) >= 11 is 0. The molecule has 2 unspecified atom stereocenters.